The van der Waals surface area contributed by atoms with Crippen LogP contribution in [0.5, 0.6) is 5.75 Å². The summed E-state index contributed by atoms with van der Waals surface area (Å²) in [6.45, 7) is 1.34. The van der Waals surface area contributed by atoms with Crippen molar-refractivity contribution < 1.29 is 4.74 Å². The number of pyridine rings is 1. The number of rotatable bonds is 4. The van der Waals surface area contributed by atoms with Crippen molar-refractivity contribution >= 4 is 33.6 Å². The van der Waals surface area contributed by atoms with E-state index in [9.17, 15) is 4.79 Å². The Balaban J connectivity index is 1.40. The molecule has 1 aliphatic rings. The largest absolute Gasteiger partial charge is 0.485 e. The molecule has 1 aliphatic heterocycles. The van der Waals surface area contributed by atoms with Crippen LogP contribution in [0, 0.1) is 0 Å². The van der Waals surface area contributed by atoms with Crippen LogP contribution in [0.15, 0.2) is 71.8 Å². The van der Waals surface area contributed by atoms with E-state index in [2.05, 4.69) is 33.2 Å². The normalized spacial score (nSPS) is 15.4. The van der Waals surface area contributed by atoms with Gasteiger partial charge in [-0.3, -0.25) is 14.5 Å². The van der Waals surface area contributed by atoms with Crippen LogP contribution in [0.2, 0.25) is 0 Å². The average Bonchev–Trinajstić information content (AvgIpc) is 3.35. The summed E-state index contributed by atoms with van der Waals surface area (Å²) in [5, 5.41) is 8.24. The SMILES string of the molecule is CN(CC1CN(C)c2ccccc2O1)c1ncc2c3[nH]ncc3c(=O)n(-c3ccccc3)c2n1. The van der Waals surface area contributed by atoms with Crippen LogP contribution in [0.4, 0.5) is 11.6 Å². The minimum atomic E-state index is -0.177. The molecule has 0 fully saturated rings. The smallest absolute Gasteiger partial charge is 0.267 e. The lowest BCUT2D eigenvalue weighted by atomic mass is 10.2. The van der Waals surface area contributed by atoms with Crippen molar-refractivity contribution in [3.05, 3.63) is 77.3 Å². The third kappa shape index (κ3) is 3.24. The maximum atomic E-state index is 13.4. The highest BCUT2D eigenvalue weighted by molar-refractivity contribution is 6.02. The Bertz CT molecular complexity index is 1560. The Morgan fingerprint density at radius 2 is 1.88 bits per heavy atom. The zero-order valence-electron chi connectivity index (χ0n) is 18.8. The highest BCUT2D eigenvalue weighted by Gasteiger charge is 2.25. The minimum Gasteiger partial charge on any atom is -0.485 e. The number of H-pyrrole nitrogens is 1. The number of aromatic nitrogens is 5. The van der Waals surface area contributed by atoms with E-state index in [4.69, 9.17) is 9.72 Å². The van der Waals surface area contributed by atoms with Gasteiger partial charge in [0.25, 0.3) is 5.56 Å². The van der Waals surface area contributed by atoms with Crippen molar-refractivity contribution in [2.75, 3.05) is 37.0 Å². The summed E-state index contributed by atoms with van der Waals surface area (Å²) >= 11 is 0. The van der Waals surface area contributed by atoms with E-state index in [1.807, 2.05) is 60.5 Å². The van der Waals surface area contributed by atoms with Gasteiger partial charge in [0, 0.05) is 20.3 Å². The number of hydrogen-bond donors (Lipinski definition) is 1. The molecule has 0 amide bonds. The average molecular weight is 454 g/mol. The molecule has 5 aromatic rings. The fraction of sp³-hybridized carbons (Fsp3) is 0.200. The second-order valence-corrected chi connectivity index (χ2v) is 8.51. The predicted molar refractivity (Wildman–Crippen MR) is 132 cm³/mol. The Kier molecular flexibility index (Phi) is 4.68. The van der Waals surface area contributed by atoms with Gasteiger partial charge in [0.15, 0.2) is 5.65 Å². The van der Waals surface area contributed by atoms with Crippen molar-refractivity contribution in [1.82, 2.24) is 24.7 Å². The summed E-state index contributed by atoms with van der Waals surface area (Å²) in [7, 11) is 4.00. The van der Waals surface area contributed by atoms with Crippen molar-refractivity contribution in [2.24, 2.45) is 0 Å². The topological polar surface area (TPSA) is 92.2 Å². The van der Waals surface area contributed by atoms with Crippen LogP contribution in [0.25, 0.3) is 27.6 Å². The standard InChI is InChI=1S/C25H23N7O2/c1-30-14-17(34-21-11-7-6-10-20(21)30)15-31(2)25-26-12-18-22-19(13-27-29-22)24(33)32(23(18)28-25)16-8-4-3-5-9-16/h3-13,17H,14-15H2,1-2H3,(H,27,29). The van der Waals surface area contributed by atoms with Crippen LogP contribution < -0.4 is 20.1 Å². The van der Waals surface area contributed by atoms with Gasteiger partial charge in [0.05, 0.1) is 47.0 Å². The molecule has 0 saturated heterocycles. The summed E-state index contributed by atoms with van der Waals surface area (Å²) < 4.78 is 7.85. The molecule has 9 nitrogen and oxygen atoms in total. The highest BCUT2D eigenvalue weighted by Crippen LogP contribution is 2.32. The fourth-order valence-electron chi connectivity index (χ4n) is 4.56. The van der Waals surface area contributed by atoms with Crippen LogP contribution in [0.3, 0.4) is 0 Å². The van der Waals surface area contributed by atoms with E-state index in [0.717, 1.165) is 29.1 Å². The van der Waals surface area contributed by atoms with Gasteiger partial charge in [-0.2, -0.15) is 10.1 Å². The molecule has 0 saturated carbocycles. The highest BCUT2D eigenvalue weighted by atomic mass is 16.5. The molecule has 34 heavy (non-hydrogen) atoms. The fourth-order valence-corrected chi connectivity index (χ4v) is 4.56. The molecule has 3 aromatic heterocycles. The summed E-state index contributed by atoms with van der Waals surface area (Å²) in [6, 6.07) is 17.5. The van der Waals surface area contributed by atoms with Crippen LogP contribution in [-0.2, 0) is 0 Å². The first-order valence-electron chi connectivity index (χ1n) is 11.1. The van der Waals surface area contributed by atoms with Gasteiger partial charge >= 0.3 is 0 Å². The zero-order valence-corrected chi connectivity index (χ0v) is 18.8. The van der Waals surface area contributed by atoms with E-state index in [-0.39, 0.29) is 11.7 Å². The molecular formula is C25H23N7O2. The number of hydrogen-bond acceptors (Lipinski definition) is 7. The zero-order chi connectivity index (χ0) is 23.2. The number of nitrogens with one attached hydrogen (secondary N) is 1. The Morgan fingerprint density at radius 3 is 2.74 bits per heavy atom. The van der Waals surface area contributed by atoms with Gasteiger partial charge in [-0.1, -0.05) is 30.3 Å². The van der Waals surface area contributed by atoms with Crippen molar-refractivity contribution in [1.29, 1.82) is 0 Å². The molecule has 9 heteroatoms. The number of anilines is 2. The molecule has 1 atom stereocenters. The lowest BCUT2D eigenvalue weighted by molar-refractivity contribution is 0.201. The second kappa shape index (κ2) is 7.87. The maximum absolute atomic E-state index is 13.4. The number of aromatic amines is 1. The molecule has 1 unspecified atom stereocenters. The molecule has 0 spiro atoms. The first-order valence-corrected chi connectivity index (χ1v) is 11.1. The molecule has 0 radical (unpaired) electrons. The van der Waals surface area contributed by atoms with Crippen molar-refractivity contribution in [3.63, 3.8) is 0 Å². The van der Waals surface area contributed by atoms with Crippen molar-refractivity contribution in [2.45, 2.75) is 6.10 Å². The Morgan fingerprint density at radius 1 is 1.09 bits per heavy atom. The summed E-state index contributed by atoms with van der Waals surface area (Å²) in [4.78, 5) is 27.0. The van der Waals surface area contributed by atoms with Gasteiger partial charge in [0.2, 0.25) is 5.95 Å². The van der Waals surface area contributed by atoms with E-state index in [0.29, 0.717) is 29.0 Å². The molecule has 0 bridgehead atoms. The minimum absolute atomic E-state index is 0.0596. The third-order valence-corrected chi connectivity index (χ3v) is 6.19. The summed E-state index contributed by atoms with van der Waals surface area (Å²) in [5.74, 6) is 1.38. The lowest BCUT2D eigenvalue weighted by Gasteiger charge is -2.35. The van der Waals surface area contributed by atoms with E-state index >= 15 is 0 Å². The van der Waals surface area contributed by atoms with Crippen molar-refractivity contribution in [3.8, 4) is 11.4 Å². The maximum Gasteiger partial charge on any atom is 0.267 e. The lowest BCUT2D eigenvalue weighted by Crippen LogP contribution is -2.44. The molecular weight excluding hydrogens is 430 g/mol. The third-order valence-electron chi connectivity index (χ3n) is 6.19. The number of para-hydroxylation sites is 3. The molecule has 1 N–H and O–H groups in total. The number of benzene rings is 2. The quantitative estimate of drug-likeness (QED) is 0.447. The van der Waals surface area contributed by atoms with Gasteiger partial charge in [0.1, 0.15) is 11.9 Å². The van der Waals surface area contributed by atoms with E-state index in [1.165, 1.54) is 0 Å². The Labute approximate surface area is 195 Å². The molecule has 4 heterocycles. The van der Waals surface area contributed by atoms with E-state index < -0.39 is 0 Å². The number of likely N-dealkylation sites (N-methyl/N-ethyl adjacent to an activating group) is 2. The van der Waals surface area contributed by atoms with Crippen LogP contribution >= 0.6 is 0 Å². The van der Waals surface area contributed by atoms with E-state index in [1.54, 1.807) is 17.0 Å². The molecule has 2 aromatic carbocycles. The van der Waals surface area contributed by atoms with Gasteiger partial charge in [-0.05, 0) is 24.3 Å². The van der Waals surface area contributed by atoms with Gasteiger partial charge in [-0.15, -0.1) is 0 Å². The first-order chi connectivity index (χ1) is 16.6. The van der Waals surface area contributed by atoms with Crippen LogP contribution in [0.1, 0.15) is 0 Å². The van der Waals surface area contributed by atoms with Gasteiger partial charge in [-0.25, -0.2) is 4.98 Å². The molecule has 6 rings (SSSR count). The number of fused-ring (bicyclic) bond motifs is 4. The summed E-state index contributed by atoms with van der Waals surface area (Å²) in [5.41, 5.74) is 2.80. The first kappa shape index (κ1) is 20.2. The molecule has 170 valence electrons. The molecule has 0 aliphatic carbocycles. The summed E-state index contributed by atoms with van der Waals surface area (Å²) in [6.07, 6.45) is 3.23. The number of nitrogens with zero attached hydrogens (tertiary/aromatic N) is 6. The monoisotopic (exact) mass is 453 g/mol. The second-order valence-electron chi connectivity index (χ2n) is 8.51. The Hall–Kier alpha value is -4.40. The van der Waals surface area contributed by atoms with Crippen LogP contribution in [-0.4, -0.2) is 58.0 Å². The number of ether oxygens (including phenoxy) is 1. The van der Waals surface area contributed by atoms with Gasteiger partial charge < -0.3 is 14.5 Å². The predicted octanol–water partition coefficient (Wildman–Crippen LogP) is 2.99.